The Morgan fingerprint density at radius 1 is 1.06 bits per heavy atom. The molecule has 4 aromatic rings. The highest BCUT2D eigenvalue weighted by atomic mass is 16.6. The molecule has 0 atom stereocenters. The number of aryl methyl sites for hydroxylation is 1. The van der Waals surface area contributed by atoms with E-state index < -0.39 is 10.8 Å². The standard InChI is InChI=1S/C26H24N4O4/c1-17-7-3-4-8-20(17)26-28-21-16-19(10-12-24(21)34-26)27-25(31)18-9-11-22(23(15-18)30(32)33)29-13-5-2-6-14-29/h3-4,7-12,15-16H,2,5-6,13-14H2,1H3,(H,27,31). The fraction of sp³-hybridized carbons (Fsp3) is 0.231. The van der Waals surface area contributed by atoms with Crippen molar-refractivity contribution in [1.29, 1.82) is 0 Å². The van der Waals surface area contributed by atoms with Gasteiger partial charge in [0, 0.05) is 36.0 Å². The number of nitrogens with zero attached hydrogens (tertiary/aromatic N) is 3. The maximum atomic E-state index is 12.9. The van der Waals surface area contributed by atoms with Crippen LogP contribution in [0.15, 0.2) is 65.1 Å². The molecule has 1 saturated heterocycles. The highest BCUT2D eigenvalue weighted by Gasteiger charge is 2.23. The van der Waals surface area contributed by atoms with E-state index in [1.54, 1.807) is 30.3 Å². The van der Waals surface area contributed by atoms with Crippen LogP contribution in [0.3, 0.4) is 0 Å². The van der Waals surface area contributed by atoms with Crippen LogP contribution in [0.1, 0.15) is 35.2 Å². The second-order valence-electron chi connectivity index (χ2n) is 8.48. The van der Waals surface area contributed by atoms with Crippen molar-refractivity contribution >= 4 is 34.1 Å². The number of piperidine rings is 1. The van der Waals surface area contributed by atoms with Gasteiger partial charge >= 0.3 is 0 Å². The second kappa shape index (κ2) is 8.97. The average molecular weight is 457 g/mol. The highest BCUT2D eigenvalue weighted by Crippen LogP contribution is 2.32. The number of benzene rings is 3. The number of amides is 1. The van der Waals surface area contributed by atoms with Gasteiger partial charge in [-0.05, 0) is 68.1 Å². The fourth-order valence-electron chi connectivity index (χ4n) is 4.35. The summed E-state index contributed by atoms with van der Waals surface area (Å²) in [5.41, 5.74) is 4.46. The molecule has 8 nitrogen and oxygen atoms in total. The number of rotatable bonds is 5. The molecule has 0 radical (unpaired) electrons. The molecule has 0 saturated carbocycles. The first-order valence-electron chi connectivity index (χ1n) is 11.3. The Balaban J connectivity index is 1.39. The van der Waals surface area contributed by atoms with Gasteiger partial charge in [-0.1, -0.05) is 18.2 Å². The number of hydrogen-bond acceptors (Lipinski definition) is 6. The number of nitro groups is 1. The Hall–Kier alpha value is -4.20. The van der Waals surface area contributed by atoms with Crippen molar-refractivity contribution in [1.82, 2.24) is 4.98 Å². The number of nitro benzene ring substituents is 1. The van der Waals surface area contributed by atoms with Crippen LogP contribution in [0.5, 0.6) is 0 Å². The zero-order chi connectivity index (χ0) is 23.7. The van der Waals surface area contributed by atoms with E-state index >= 15 is 0 Å². The van der Waals surface area contributed by atoms with Gasteiger partial charge in [0.2, 0.25) is 5.89 Å². The quantitative estimate of drug-likeness (QED) is 0.294. The minimum Gasteiger partial charge on any atom is -0.436 e. The lowest BCUT2D eigenvalue weighted by atomic mass is 10.1. The molecular formula is C26H24N4O4. The van der Waals surface area contributed by atoms with E-state index in [9.17, 15) is 14.9 Å². The lowest BCUT2D eigenvalue weighted by Gasteiger charge is -2.28. The number of aromatic nitrogens is 1. The third-order valence-electron chi connectivity index (χ3n) is 6.15. The first-order valence-corrected chi connectivity index (χ1v) is 11.3. The van der Waals surface area contributed by atoms with Gasteiger partial charge in [-0.25, -0.2) is 4.98 Å². The summed E-state index contributed by atoms with van der Waals surface area (Å²) in [5, 5.41) is 14.5. The van der Waals surface area contributed by atoms with Gasteiger partial charge in [-0.15, -0.1) is 0 Å². The van der Waals surface area contributed by atoms with Gasteiger partial charge < -0.3 is 14.6 Å². The zero-order valence-electron chi connectivity index (χ0n) is 18.8. The van der Waals surface area contributed by atoms with Gasteiger partial charge in [0.05, 0.1) is 4.92 Å². The summed E-state index contributed by atoms with van der Waals surface area (Å²) in [5.74, 6) is 0.0933. The Morgan fingerprint density at radius 3 is 2.62 bits per heavy atom. The van der Waals surface area contributed by atoms with Crippen LogP contribution in [-0.2, 0) is 0 Å². The number of fused-ring (bicyclic) bond motifs is 1. The molecule has 0 unspecified atom stereocenters. The number of carbonyl (C=O) groups excluding carboxylic acids is 1. The molecule has 1 amide bonds. The summed E-state index contributed by atoms with van der Waals surface area (Å²) in [7, 11) is 0. The van der Waals surface area contributed by atoms with Gasteiger partial charge in [0.15, 0.2) is 5.58 Å². The third kappa shape index (κ3) is 4.22. The van der Waals surface area contributed by atoms with Gasteiger partial charge in [-0.2, -0.15) is 0 Å². The van der Waals surface area contributed by atoms with Gasteiger partial charge in [0.25, 0.3) is 11.6 Å². The van der Waals surface area contributed by atoms with Gasteiger partial charge in [-0.3, -0.25) is 14.9 Å². The Kier molecular flexibility index (Phi) is 5.71. The Morgan fingerprint density at radius 2 is 1.85 bits per heavy atom. The normalized spacial score (nSPS) is 13.7. The minimum atomic E-state index is -0.421. The minimum absolute atomic E-state index is 0.0515. The van der Waals surface area contributed by atoms with Crippen LogP contribution in [-0.4, -0.2) is 28.9 Å². The van der Waals surface area contributed by atoms with Crippen molar-refractivity contribution in [3.8, 4) is 11.5 Å². The zero-order valence-corrected chi connectivity index (χ0v) is 18.8. The number of nitrogens with one attached hydrogen (secondary N) is 1. The van der Waals surface area contributed by atoms with E-state index in [0.29, 0.717) is 28.4 Å². The van der Waals surface area contributed by atoms with E-state index in [-0.39, 0.29) is 11.3 Å². The van der Waals surface area contributed by atoms with Crippen molar-refractivity contribution in [3.05, 3.63) is 81.9 Å². The molecular weight excluding hydrogens is 432 g/mol. The molecule has 0 spiro atoms. The SMILES string of the molecule is Cc1ccccc1-c1nc2cc(NC(=O)c3ccc(N4CCCCC4)c([N+](=O)[O-])c3)ccc2o1. The molecule has 5 rings (SSSR count). The third-order valence-corrected chi connectivity index (χ3v) is 6.15. The molecule has 1 aliphatic heterocycles. The molecule has 1 aromatic heterocycles. The lowest BCUT2D eigenvalue weighted by molar-refractivity contribution is -0.384. The van der Waals surface area contributed by atoms with Crippen LogP contribution in [0.2, 0.25) is 0 Å². The van der Waals surface area contributed by atoms with Crippen LogP contribution in [0, 0.1) is 17.0 Å². The largest absolute Gasteiger partial charge is 0.436 e. The van der Waals surface area contributed by atoms with E-state index in [2.05, 4.69) is 10.3 Å². The monoisotopic (exact) mass is 456 g/mol. The predicted octanol–water partition coefficient (Wildman–Crippen LogP) is 5.95. The van der Waals surface area contributed by atoms with Crippen LogP contribution < -0.4 is 10.2 Å². The lowest BCUT2D eigenvalue weighted by Crippen LogP contribution is -2.30. The maximum absolute atomic E-state index is 12.9. The van der Waals surface area contributed by atoms with Crippen molar-refractivity contribution in [3.63, 3.8) is 0 Å². The summed E-state index contributed by atoms with van der Waals surface area (Å²) in [4.78, 5) is 30.8. The van der Waals surface area contributed by atoms with Crippen molar-refractivity contribution < 1.29 is 14.1 Å². The van der Waals surface area contributed by atoms with E-state index in [4.69, 9.17) is 4.42 Å². The summed E-state index contributed by atoms with van der Waals surface area (Å²) in [6, 6.07) is 17.7. The summed E-state index contributed by atoms with van der Waals surface area (Å²) >= 11 is 0. The molecule has 1 fully saturated rings. The summed E-state index contributed by atoms with van der Waals surface area (Å²) < 4.78 is 5.89. The molecule has 1 N–H and O–H groups in total. The summed E-state index contributed by atoms with van der Waals surface area (Å²) in [6.45, 7) is 3.56. The number of oxazole rings is 1. The van der Waals surface area contributed by atoms with Crippen LogP contribution >= 0.6 is 0 Å². The Labute approximate surface area is 196 Å². The fourth-order valence-corrected chi connectivity index (χ4v) is 4.35. The molecule has 2 heterocycles. The topological polar surface area (TPSA) is 102 Å². The molecule has 0 bridgehead atoms. The van der Waals surface area contributed by atoms with Crippen molar-refractivity contribution in [2.24, 2.45) is 0 Å². The molecule has 172 valence electrons. The average Bonchev–Trinajstić information content (AvgIpc) is 3.27. The summed E-state index contributed by atoms with van der Waals surface area (Å²) in [6.07, 6.45) is 3.15. The van der Waals surface area contributed by atoms with Gasteiger partial charge in [0.1, 0.15) is 11.2 Å². The smallest absolute Gasteiger partial charge is 0.293 e. The van der Waals surface area contributed by atoms with E-state index in [1.807, 2.05) is 36.1 Å². The molecule has 3 aromatic carbocycles. The molecule has 34 heavy (non-hydrogen) atoms. The number of hydrogen-bond donors (Lipinski definition) is 1. The predicted molar refractivity (Wildman–Crippen MR) is 131 cm³/mol. The van der Waals surface area contributed by atoms with E-state index in [1.165, 1.54) is 6.07 Å². The van der Waals surface area contributed by atoms with Crippen LogP contribution in [0.4, 0.5) is 17.1 Å². The molecule has 1 aliphatic rings. The second-order valence-corrected chi connectivity index (χ2v) is 8.48. The van der Waals surface area contributed by atoms with E-state index in [0.717, 1.165) is 43.5 Å². The first-order chi connectivity index (χ1) is 16.5. The number of anilines is 2. The molecule has 8 heteroatoms. The highest BCUT2D eigenvalue weighted by molar-refractivity contribution is 6.05. The number of carbonyl (C=O) groups is 1. The van der Waals surface area contributed by atoms with Crippen LogP contribution in [0.25, 0.3) is 22.6 Å². The van der Waals surface area contributed by atoms with Crippen molar-refractivity contribution in [2.75, 3.05) is 23.3 Å². The maximum Gasteiger partial charge on any atom is 0.293 e. The Bertz CT molecular complexity index is 1390. The van der Waals surface area contributed by atoms with Crippen molar-refractivity contribution in [2.45, 2.75) is 26.2 Å². The molecule has 0 aliphatic carbocycles. The first kappa shape index (κ1) is 21.6.